The van der Waals surface area contributed by atoms with Crippen molar-refractivity contribution in [3.63, 3.8) is 0 Å². The number of carboxylic acids is 1. The second kappa shape index (κ2) is 7.59. The van der Waals surface area contributed by atoms with Crippen molar-refractivity contribution in [2.24, 2.45) is 5.41 Å². The molecule has 1 atom stereocenters. The van der Waals surface area contributed by atoms with Gasteiger partial charge in [0.1, 0.15) is 6.04 Å². The van der Waals surface area contributed by atoms with Crippen LogP contribution in [0.15, 0.2) is 30.3 Å². The predicted octanol–water partition coefficient (Wildman–Crippen LogP) is 0.961. The molecule has 0 heterocycles. The molecule has 0 fully saturated rings. The third-order valence-electron chi connectivity index (χ3n) is 3.01. The number of hydrogen-bond donors (Lipinski definition) is 3. The number of hydrogen-bond acceptors (Lipinski definition) is 3. The number of carboxylic acid groups (broad SMARTS) is 1. The van der Waals surface area contributed by atoms with Crippen LogP contribution in [0.5, 0.6) is 0 Å². The number of carbonyl (C=O) groups excluding carboxylic acids is 2. The normalized spacial score (nSPS) is 12.3. The maximum Gasteiger partial charge on any atom is 0.326 e. The Morgan fingerprint density at radius 2 is 1.73 bits per heavy atom. The van der Waals surface area contributed by atoms with Crippen LogP contribution in [0.1, 0.15) is 26.3 Å². The van der Waals surface area contributed by atoms with Gasteiger partial charge in [-0.15, -0.1) is 0 Å². The molecule has 6 nitrogen and oxygen atoms in total. The molecule has 3 N–H and O–H groups in total. The van der Waals surface area contributed by atoms with Crippen molar-refractivity contribution in [1.29, 1.82) is 0 Å². The van der Waals surface area contributed by atoms with Crippen molar-refractivity contribution >= 4 is 17.8 Å². The van der Waals surface area contributed by atoms with E-state index in [0.717, 1.165) is 5.56 Å². The van der Waals surface area contributed by atoms with Gasteiger partial charge in [-0.25, -0.2) is 4.79 Å². The summed E-state index contributed by atoms with van der Waals surface area (Å²) in [6, 6.07) is 8.01. The van der Waals surface area contributed by atoms with Crippen molar-refractivity contribution < 1.29 is 19.5 Å². The SMILES string of the molecule is CC(C)(C)C(=O)NCC(=O)N[C@@H](Cc1ccccc1)C(=O)O. The molecular formula is C16H22N2O4. The summed E-state index contributed by atoms with van der Waals surface area (Å²) in [4.78, 5) is 34.7. The Morgan fingerprint density at radius 1 is 1.14 bits per heavy atom. The highest BCUT2D eigenvalue weighted by atomic mass is 16.4. The van der Waals surface area contributed by atoms with Crippen molar-refractivity contribution in [2.45, 2.75) is 33.2 Å². The molecule has 0 spiro atoms. The van der Waals surface area contributed by atoms with Gasteiger partial charge in [0.05, 0.1) is 6.54 Å². The van der Waals surface area contributed by atoms with Crippen LogP contribution in [0, 0.1) is 5.41 Å². The number of rotatable bonds is 6. The zero-order chi connectivity index (χ0) is 16.8. The van der Waals surface area contributed by atoms with Crippen molar-refractivity contribution in [1.82, 2.24) is 10.6 Å². The fraction of sp³-hybridized carbons (Fsp3) is 0.438. The van der Waals surface area contributed by atoms with E-state index in [4.69, 9.17) is 0 Å². The minimum atomic E-state index is -1.11. The van der Waals surface area contributed by atoms with E-state index in [-0.39, 0.29) is 18.9 Å². The quantitative estimate of drug-likeness (QED) is 0.729. The lowest BCUT2D eigenvalue weighted by Gasteiger charge is -2.19. The molecule has 2 amide bonds. The Balaban J connectivity index is 2.55. The predicted molar refractivity (Wildman–Crippen MR) is 82.2 cm³/mol. The Hall–Kier alpha value is -2.37. The van der Waals surface area contributed by atoms with Gasteiger partial charge in [-0.05, 0) is 5.56 Å². The topological polar surface area (TPSA) is 95.5 Å². The molecule has 120 valence electrons. The van der Waals surface area contributed by atoms with E-state index in [0.29, 0.717) is 0 Å². The van der Waals surface area contributed by atoms with Crippen molar-refractivity contribution in [3.05, 3.63) is 35.9 Å². The van der Waals surface area contributed by atoms with Crippen LogP contribution >= 0.6 is 0 Å². The van der Waals surface area contributed by atoms with Gasteiger partial charge in [-0.3, -0.25) is 9.59 Å². The highest BCUT2D eigenvalue weighted by Gasteiger charge is 2.23. The van der Waals surface area contributed by atoms with Crippen molar-refractivity contribution in [3.8, 4) is 0 Å². The lowest BCUT2D eigenvalue weighted by atomic mass is 9.96. The smallest absolute Gasteiger partial charge is 0.326 e. The van der Waals surface area contributed by atoms with E-state index < -0.39 is 23.3 Å². The van der Waals surface area contributed by atoms with Gasteiger partial charge in [0.25, 0.3) is 0 Å². The first-order valence-electron chi connectivity index (χ1n) is 7.04. The maximum atomic E-state index is 11.8. The third kappa shape index (κ3) is 5.95. The molecule has 6 heteroatoms. The minimum absolute atomic E-state index is 0.190. The minimum Gasteiger partial charge on any atom is -0.480 e. The van der Waals surface area contributed by atoms with Crippen LogP contribution in [0.3, 0.4) is 0 Å². The molecule has 1 aromatic carbocycles. The van der Waals surface area contributed by atoms with E-state index >= 15 is 0 Å². The first-order chi connectivity index (χ1) is 10.2. The van der Waals surface area contributed by atoms with Crippen LogP contribution in [-0.2, 0) is 20.8 Å². The monoisotopic (exact) mass is 306 g/mol. The van der Waals surface area contributed by atoms with E-state index in [2.05, 4.69) is 10.6 Å². The first-order valence-corrected chi connectivity index (χ1v) is 7.04. The Labute approximate surface area is 129 Å². The summed E-state index contributed by atoms with van der Waals surface area (Å²) in [5.74, 6) is -1.90. The summed E-state index contributed by atoms with van der Waals surface area (Å²) < 4.78 is 0. The molecule has 0 saturated carbocycles. The van der Waals surface area contributed by atoms with E-state index in [1.165, 1.54) is 0 Å². The highest BCUT2D eigenvalue weighted by molar-refractivity contribution is 5.89. The first kappa shape index (κ1) is 17.7. The van der Waals surface area contributed by atoms with Crippen LogP contribution in [0.25, 0.3) is 0 Å². The lowest BCUT2D eigenvalue weighted by Crippen LogP contribution is -2.48. The maximum absolute atomic E-state index is 11.8. The molecule has 0 saturated heterocycles. The molecule has 0 radical (unpaired) electrons. The van der Waals surface area contributed by atoms with E-state index in [1.807, 2.05) is 6.07 Å². The fourth-order valence-electron chi connectivity index (χ4n) is 1.72. The number of carbonyl (C=O) groups is 3. The number of amides is 2. The van der Waals surface area contributed by atoms with Crippen LogP contribution in [0.4, 0.5) is 0 Å². The Kier molecular flexibility index (Phi) is 6.10. The molecule has 0 bridgehead atoms. The van der Waals surface area contributed by atoms with Crippen LogP contribution < -0.4 is 10.6 Å². The summed E-state index contributed by atoms with van der Waals surface area (Å²) in [5, 5.41) is 14.1. The molecule has 0 aromatic heterocycles. The molecule has 0 aliphatic carbocycles. The third-order valence-corrected chi connectivity index (χ3v) is 3.01. The molecular weight excluding hydrogens is 284 g/mol. The molecule has 0 unspecified atom stereocenters. The summed E-state index contributed by atoms with van der Waals surface area (Å²) in [5.41, 5.74) is 0.213. The van der Waals surface area contributed by atoms with E-state index in [9.17, 15) is 19.5 Å². The van der Waals surface area contributed by atoms with Gasteiger partial charge < -0.3 is 15.7 Å². The van der Waals surface area contributed by atoms with Gasteiger partial charge in [-0.2, -0.15) is 0 Å². The summed E-state index contributed by atoms with van der Waals surface area (Å²) in [7, 11) is 0. The second-order valence-electron chi connectivity index (χ2n) is 6.08. The van der Waals surface area contributed by atoms with Gasteiger partial charge in [0, 0.05) is 11.8 Å². The van der Waals surface area contributed by atoms with Crippen LogP contribution in [0.2, 0.25) is 0 Å². The Bertz CT molecular complexity index is 535. The zero-order valence-corrected chi connectivity index (χ0v) is 13.1. The average molecular weight is 306 g/mol. The summed E-state index contributed by atoms with van der Waals surface area (Å²) in [6.07, 6.45) is 0.190. The fourth-order valence-corrected chi connectivity index (χ4v) is 1.72. The lowest BCUT2D eigenvalue weighted by molar-refractivity contribution is -0.141. The molecule has 0 aliphatic rings. The molecule has 1 aromatic rings. The number of nitrogens with one attached hydrogen (secondary N) is 2. The zero-order valence-electron chi connectivity index (χ0n) is 13.1. The van der Waals surface area contributed by atoms with Gasteiger partial charge in [0.2, 0.25) is 11.8 Å². The molecule has 0 aliphatic heterocycles. The second-order valence-corrected chi connectivity index (χ2v) is 6.08. The number of benzene rings is 1. The average Bonchev–Trinajstić information content (AvgIpc) is 2.44. The number of aliphatic carboxylic acids is 1. The van der Waals surface area contributed by atoms with Crippen LogP contribution in [-0.4, -0.2) is 35.5 Å². The van der Waals surface area contributed by atoms with Gasteiger partial charge in [0.15, 0.2) is 0 Å². The summed E-state index contributed by atoms with van der Waals surface area (Å²) in [6.45, 7) is 4.95. The van der Waals surface area contributed by atoms with E-state index in [1.54, 1.807) is 45.0 Å². The molecule has 1 rings (SSSR count). The molecule has 22 heavy (non-hydrogen) atoms. The Morgan fingerprint density at radius 3 is 2.23 bits per heavy atom. The van der Waals surface area contributed by atoms with Gasteiger partial charge >= 0.3 is 5.97 Å². The highest BCUT2D eigenvalue weighted by Crippen LogP contribution is 2.11. The summed E-state index contributed by atoms with van der Waals surface area (Å²) >= 11 is 0. The standard InChI is InChI=1S/C16H22N2O4/c1-16(2,3)15(22)17-10-13(19)18-12(14(20)21)9-11-7-5-4-6-8-11/h4-8,12H,9-10H2,1-3H3,(H,17,22)(H,18,19)(H,20,21)/t12-/m0/s1. The van der Waals surface area contributed by atoms with Gasteiger partial charge in [-0.1, -0.05) is 51.1 Å². The largest absolute Gasteiger partial charge is 0.480 e. The van der Waals surface area contributed by atoms with Crippen molar-refractivity contribution in [2.75, 3.05) is 6.54 Å².